The zero-order valence-corrected chi connectivity index (χ0v) is 20.4. The van der Waals surface area contributed by atoms with E-state index in [2.05, 4.69) is 25.8 Å². The predicted octanol–water partition coefficient (Wildman–Crippen LogP) is 1.86. The molecule has 0 aliphatic carbocycles. The number of nitrogens with zero attached hydrogens (tertiary/aromatic N) is 2. The Morgan fingerprint density at radius 2 is 1.97 bits per heavy atom. The molecular weight excluding hydrogens is 497 g/mol. The number of halogens is 1. The molecule has 168 valence electrons. The monoisotopic (exact) mass is 531 g/mol. The molecule has 8 nitrogen and oxygen atoms in total. The number of benzene rings is 1. The van der Waals surface area contributed by atoms with Gasteiger partial charge in [0.1, 0.15) is 5.75 Å². The van der Waals surface area contributed by atoms with Crippen LogP contribution in [0.2, 0.25) is 0 Å². The van der Waals surface area contributed by atoms with E-state index in [-0.39, 0.29) is 35.8 Å². The number of guanidine groups is 1. The van der Waals surface area contributed by atoms with E-state index in [4.69, 9.17) is 4.74 Å². The fourth-order valence-electron chi connectivity index (χ4n) is 3.34. The minimum Gasteiger partial charge on any atom is -0.497 e. The summed E-state index contributed by atoms with van der Waals surface area (Å²) in [5.74, 6) is 1.91. The summed E-state index contributed by atoms with van der Waals surface area (Å²) in [6.07, 6.45) is 2.54. The van der Waals surface area contributed by atoms with Crippen LogP contribution in [0.1, 0.15) is 36.5 Å². The first-order chi connectivity index (χ1) is 14.1. The first kappa shape index (κ1) is 26.0. The summed E-state index contributed by atoms with van der Waals surface area (Å²) in [5, 5.41) is 8.91. The molecule has 1 aromatic rings. The summed E-state index contributed by atoms with van der Waals surface area (Å²) in [7, 11) is 3.26. The molecule has 3 N–H and O–H groups in total. The number of methoxy groups -OCH3 is 1. The number of hydrogen-bond donors (Lipinski definition) is 3. The third-order valence-electron chi connectivity index (χ3n) is 4.99. The number of carbonyl (C=O) groups excluding carboxylic acids is 2. The highest BCUT2D eigenvalue weighted by Gasteiger charge is 2.23. The lowest BCUT2D eigenvalue weighted by Gasteiger charge is -2.34. The van der Waals surface area contributed by atoms with Gasteiger partial charge in [0.25, 0.3) is 5.91 Å². The van der Waals surface area contributed by atoms with Crippen LogP contribution in [0.4, 0.5) is 0 Å². The van der Waals surface area contributed by atoms with Crippen LogP contribution in [-0.4, -0.2) is 69.6 Å². The number of amides is 2. The maximum Gasteiger partial charge on any atom is 0.251 e. The lowest BCUT2D eigenvalue weighted by molar-refractivity contribution is -0.121. The second-order valence-electron chi connectivity index (χ2n) is 7.03. The van der Waals surface area contributed by atoms with Crippen molar-refractivity contribution in [2.24, 2.45) is 10.9 Å². The Hall–Kier alpha value is -2.04. The van der Waals surface area contributed by atoms with Gasteiger partial charge in [-0.15, -0.1) is 24.0 Å². The molecule has 2 rings (SSSR count). The van der Waals surface area contributed by atoms with Gasteiger partial charge in [0.2, 0.25) is 5.91 Å². The van der Waals surface area contributed by atoms with Crippen molar-refractivity contribution in [2.75, 3.05) is 46.9 Å². The maximum absolute atomic E-state index is 12.3. The second kappa shape index (κ2) is 14.1. The normalized spacial score (nSPS) is 14.5. The number of nitrogens with one attached hydrogen (secondary N) is 3. The molecule has 1 aliphatic heterocycles. The lowest BCUT2D eigenvalue weighted by Crippen LogP contribution is -2.46. The van der Waals surface area contributed by atoms with Gasteiger partial charge >= 0.3 is 0 Å². The van der Waals surface area contributed by atoms with Crippen LogP contribution < -0.4 is 20.7 Å². The molecule has 1 aliphatic rings. The number of hydrogen-bond acceptors (Lipinski definition) is 4. The average molecular weight is 531 g/mol. The van der Waals surface area contributed by atoms with Crippen molar-refractivity contribution in [3.05, 3.63) is 29.8 Å². The highest BCUT2D eigenvalue weighted by Crippen LogP contribution is 2.20. The van der Waals surface area contributed by atoms with Crippen molar-refractivity contribution in [1.29, 1.82) is 0 Å². The van der Waals surface area contributed by atoms with Gasteiger partial charge in [-0.05, 0) is 43.9 Å². The SMILES string of the molecule is CCNC(=NCCNC(=O)c1cccc(OC)c1)N1CCC(CC(=O)NC)CC1.I. The van der Waals surface area contributed by atoms with E-state index in [1.54, 1.807) is 32.4 Å². The van der Waals surface area contributed by atoms with E-state index >= 15 is 0 Å². The highest BCUT2D eigenvalue weighted by atomic mass is 127. The Labute approximate surface area is 196 Å². The molecule has 1 fully saturated rings. The van der Waals surface area contributed by atoms with E-state index in [1.807, 2.05) is 13.0 Å². The van der Waals surface area contributed by atoms with E-state index in [9.17, 15) is 9.59 Å². The van der Waals surface area contributed by atoms with Crippen LogP contribution >= 0.6 is 24.0 Å². The van der Waals surface area contributed by atoms with E-state index in [0.29, 0.717) is 36.7 Å². The third kappa shape index (κ3) is 8.37. The van der Waals surface area contributed by atoms with Gasteiger partial charge in [-0.1, -0.05) is 6.07 Å². The van der Waals surface area contributed by atoms with E-state index in [0.717, 1.165) is 38.4 Å². The number of piperidine rings is 1. The van der Waals surface area contributed by atoms with Crippen LogP contribution in [0.5, 0.6) is 5.75 Å². The van der Waals surface area contributed by atoms with Gasteiger partial charge in [0.15, 0.2) is 5.96 Å². The molecular formula is C21H34IN5O3. The number of likely N-dealkylation sites (tertiary alicyclic amines) is 1. The third-order valence-corrected chi connectivity index (χ3v) is 4.99. The molecule has 0 spiro atoms. The molecule has 0 radical (unpaired) electrons. The Morgan fingerprint density at radius 1 is 1.23 bits per heavy atom. The zero-order chi connectivity index (χ0) is 21.1. The van der Waals surface area contributed by atoms with Crippen molar-refractivity contribution in [1.82, 2.24) is 20.9 Å². The molecule has 1 heterocycles. The smallest absolute Gasteiger partial charge is 0.251 e. The highest BCUT2D eigenvalue weighted by molar-refractivity contribution is 14.0. The number of rotatable bonds is 8. The molecule has 0 saturated carbocycles. The van der Waals surface area contributed by atoms with Gasteiger partial charge in [-0.2, -0.15) is 0 Å². The molecule has 0 unspecified atom stereocenters. The van der Waals surface area contributed by atoms with Gasteiger partial charge in [-0.3, -0.25) is 14.6 Å². The number of carbonyl (C=O) groups is 2. The summed E-state index contributed by atoms with van der Waals surface area (Å²) < 4.78 is 5.15. The topological polar surface area (TPSA) is 95.1 Å². The molecule has 0 bridgehead atoms. The Morgan fingerprint density at radius 3 is 2.60 bits per heavy atom. The Kier molecular flexibility index (Phi) is 12.2. The molecule has 0 atom stereocenters. The van der Waals surface area contributed by atoms with Gasteiger partial charge < -0.3 is 25.6 Å². The molecule has 9 heteroatoms. The van der Waals surface area contributed by atoms with E-state index in [1.165, 1.54) is 0 Å². The van der Waals surface area contributed by atoms with Gasteiger partial charge in [0.05, 0.1) is 13.7 Å². The average Bonchev–Trinajstić information content (AvgIpc) is 2.76. The summed E-state index contributed by atoms with van der Waals surface area (Å²) in [4.78, 5) is 30.7. The van der Waals surface area contributed by atoms with Crippen molar-refractivity contribution in [3.63, 3.8) is 0 Å². The molecule has 1 saturated heterocycles. The molecule has 2 amide bonds. The second-order valence-corrected chi connectivity index (χ2v) is 7.03. The number of ether oxygens (including phenoxy) is 1. The zero-order valence-electron chi connectivity index (χ0n) is 18.1. The lowest BCUT2D eigenvalue weighted by atomic mass is 9.93. The van der Waals surface area contributed by atoms with E-state index < -0.39 is 0 Å². The van der Waals surface area contributed by atoms with Crippen molar-refractivity contribution < 1.29 is 14.3 Å². The first-order valence-corrected chi connectivity index (χ1v) is 10.2. The van der Waals surface area contributed by atoms with Crippen molar-refractivity contribution in [2.45, 2.75) is 26.2 Å². The predicted molar refractivity (Wildman–Crippen MR) is 130 cm³/mol. The van der Waals surface area contributed by atoms with Gasteiger partial charge in [0, 0.05) is 45.2 Å². The van der Waals surface area contributed by atoms with Crippen LogP contribution in [0.3, 0.4) is 0 Å². The Bertz CT molecular complexity index is 706. The fraction of sp³-hybridized carbons (Fsp3) is 0.571. The van der Waals surface area contributed by atoms with Crippen LogP contribution in [-0.2, 0) is 4.79 Å². The minimum absolute atomic E-state index is 0. The summed E-state index contributed by atoms with van der Waals surface area (Å²) in [5.41, 5.74) is 0.568. The maximum atomic E-state index is 12.3. The largest absolute Gasteiger partial charge is 0.497 e. The summed E-state index contributed by atoms with van der Waals surface area (Å²) in [6.45, 7) is 5.53. The summed E-state index contributed by atoms with van der Waals surface area (Å²) in [6, 6.07) is 7.07. The molecule has 30 heavy (non-hydrogen) atoms. The molecule has 0 aromatic heterocycles. The van der Waals surface area contributed by atoms with Crippen molar-refractivity contribution in [3.8, 4) is 5.75 Å². The van der Waals surface area contributed by atoms with Crippen LogP contribution in [0.15, 0.2) is 29.3 Å². The summed E-state index contributed by atoms with van der Waals surface area (Å²) >= 11 is 0. The minimum atomic E-state index is -0.140. The molecule has 1 aromatic carbocycles. The first-order valence-electron chi connectivity index (χ1n) is 10.2. The standard InChI is InChI=1S/C21H33N5O3.HI/c1-4-23-21(26-12-8-16(9-13-26)14-19(27)22-2)25-11-10-24-20(28)17-6-5-7-18(15-17)29-3;/h5-7,15-16H,4,8-14H2,1-3H3,(H,22,27)(H,23,25)(H,24,28);1H. The van der Waals surface area contributed by atoms with Crippen molar-refractivity contribution >= 4 is 41.8 Å². The number of aliphatic imine (C=N–C) groups is 1. The Balaban J connectivity index is 0.00000450. The van der Waals surface area contributed by atoms with Gasteiger partial charge in [-0.25, -0.2) is 0 Å². The fourth-order valence-corrected chi connectivity index (χ4v) is 3.34. The van der Waals surface area contributed by atoms with Crippen LogP contribution in [0.25, 0.3) is 0 Å². The quantitative estimate of drug-likeness (QED) is 0.206. The van der Waals surface area contributed by atoms with Crippen LogP contribution in [0, 0.1) is 5.92 Å².